The first-order chi connectivity index (χ1) is 13.8. The van der Waals surface area contributed by atoms with Gasteiger partial charge in [-0.15, -0.1) is 0 Å². The molecule has 4 nitrogen and oxygen atoms in total. The summed E-state index contributed by atoms with van der Waals surface area (Å²) in [5.74, 6) is 0.408. The highest BCUT2D eigenvalue weighted by Gasteiger charge is 2.73. The Bertz CT molecular complexity index is 928. The van der Waals surface area contributed by atoms with Gasteiger partial charge in [-0.05, 0) is 42.5 Å². The van der Waals surface area contributed by atoms with Gasteiger partial charge in [0.05, 0.1) is 12.7 Å². The molecule has 5 rings (SSSR count). The quantitative estimate of drug-likeness (QED) is 0.812. The number of phenols is 1. The molecule has 1 aliphatic heterocycles. The normalized spacial score (nSPS) is 32.9. The molecule has 4 heteroatoms. The highest BCUT2D eigenvalue weighted by atomic mass is 16.5. The van der Waals surface area contributed by atoms with Crippen LogP contribution in [0.4, 0.5) is 0 Å². The van der Waals surface area contributed by atoms with Gasteiger partial charge in [0.15, 0.2) is 0 Å². The van der Waals surface area contributed by atoms with Crippen molar-refractivity contribution in [3.05, 3.63) is 65.2 Å². The second kappa shape index (κ2) is 6.31. The van der Waals surface area contributed by atoms with Crippen molar-refractivity contribution in [3.8, 4) is 5.75 Å². The maximum absolute atomic E-state index is 10.5. The summed E-state index contributed by atoms with van der Waals surface area (Å²) in [5.41, 5.74) is 10.3. The van der Waals surface area contributed by atoms with Gasteiger partial charge in [0.1, 0.15) is 5.75 Å². The minimum absolute atomic E-state index is 0.0660. The Labute approximate surface area is 173 Å². The second-order valence-electron chi connectivity index (χ2n) is 10.2. The molecule has 2 aromatic rings. The molecule has 2 bridgehead atoms. The van der Waals surface area contributed by atoms with E-state index in [9.17, 15) is 5.11 Å². The molecule has 1 spiro atoms. The van der Waals surface area contributed by atoms with Gasteiger partial charge in [-0.3, -0.25) is 4.90 Å². The highest BCUT2D eigenvalue weighted by Crippen LogP contribution is 2.69. The molecule has 4 atom stereocenters. The van der Waals surface area contributed by atoms with Crippen molar-refractivity contribution >= 4 is 0 Å². The zero-order chi connectivity index (χ0) is 20.4. The average Bonchev–Trinajstić information content (AvgIpc) is 2.77. The Kier molecular flexibility index (Phi) is 4.16. The van der Waals surface area contributed by atoms with Gasteiger partial charge in [-0.25, -0.2) is 0 Å². The number of phenolic OH excluding ortho intramolecular Hbond substituents is 1. The van der Waals surface area contributed by atoms with Crippen molar-refractivity contribution in [2.24, 2.45) is 16.6 Å². The summed E-state index contributed by atoms with van der Waals surface area (Å²) in [7, 11) is 0. The molecule has 1 saturated carbocycles. The number of hydrogen-bond acceptors (Lipinski definition) is 4. The number of likely N-dealkylation sites (tertiary alicyclic amines) is 1. The molecule has 2 aromatic carbocycles. The fourth-order valence-corrected chi connectivity index (χ4v) is 6.81. The zero-order valence-corrected chi connectivity index (χ0v) is 17.7. The van der Waals surface area contributed by atoms with Crippen LogP contribution in [0, 0.1) is 10.8 Å². The van der Waals surface area contributed by atoms with Crippen LogP contribution in [-0.2, 0) is 23.3 Å². The second-order valence-corrected chi connectivity index (χ2v) is 10.2. The number of fused-ring (bicyclic) bond motifs is 3. The van der Waals surface area contributed by atoms with Crippen LogP contribution in [0.25, 0.3) is 0 Å². The van der Waals surface area contributed by atoms with Crippen LogP contribution in [0.1, 0.15) is 43.9 Å². The number of benzene rings is 2. The summed E-state index contributed by atoms with van der Waals surface area (Å²) in [6, 6.07) is 16.6. The molecule has 154 valence electrons. The standard InChI is InChI=1S/C25H32N2O2/c1-17(29-14-18-8-5-4-6-9-18)13-27-16-24-12-19-20(10-7-11-21(19)28)25(26,15-24)23(2,3)22(24)27/h4-11,17,22,28H,12-16,26H2,1-3H3/t17-,22-,24?,25-/m0/s1. The smallest absolute Gasteiger partial charge is 0.119 e. The third kappa shape index (κ3) is 2.62. The van der Waals surface area contributed by atoms with Crippen LogP contribution in [0.2, 0.25) is 0 Å². The predicted octanol–water partition coefficient (Wildman–Crippen LogP) is 3.81. The van der Waals surface area contributed by atoms with Gasteiger partial charge in [-0.2, -0.15) is 0 Å². The first kappa shape index (κ1) is 19.1. The van der Waals surface area contributed by atoms with E-state index in [4.69, 9.17) is 10.5 Å². The van der Waals surface area contributed by atoms with Crippen LogP contribution in [0.15, 0.2) is 48.5 Å². The molecular formula is C25H32N2O2. The number of ether oxygens (including phenoxy) is 1. The molecular weight excluding hydrogens is 360 g/mol. The molecule has 3 N–H and O–H groups in total. The molecule has 2 aliphatic carbocycles. The summed E-state index contributed by atoms with van der Waals surface area (Å²) in [6.07, 6.45) is 2.09. The van der Waals surface area contributed by atoms with E-state index >= 15 is 0 Å². The van der Waals surface area contributed by atoms with Gasteiger partial charge in [0.2, 0.25) is 0 Å². The van der Waals surface area contributed by atoms with E-state index in [-0.39, 0.29) is 16.9 Å². The van der Waals surface area contributed by atoms with Gasteiger partial charge in [-0.1, -0.05) is 56.3 Å². The van der Waals surface area contributed by atoms with E-state index < -0.39 is 5.54 Å². The fourth-order valence-electron chi connectivity index (χ4n) is 6.81. The minimum Gasteiger partial charge on any atom is -0.508 e. The lowest BCUT2D eigenvalue weighted by molar-refractivity contribution is -0.113. The van der Waals surface area contributed by atoms with Gasteiger partial charge >= 0.3 is 0 Å². The fraction of sp³-hybridized carbons (Fsp3) is 0.520. The average molecular weight is 393 g/mol. The largest absolute Gasteiger partial charge is 0.508 e. The van der Waals surface area contributed by atoms with Crippen LogP contribution < -0.4 is 5.73 Å². The van der Waals surface area contributed by atoms with Crippen LogP contribution in [0.5, 0.6) is 5.75 Å². The van der Waals surface area contributed by atoms with Crippen molar-refractivity contribution < 1.29 is 9.84 Å². The van der Waals surface area contributed by atoms with Crippen molar-refractivity contribution in [2.75, 3.05) is 13.1 Å². The lowest BCUT2D eigenvalue weighted by Gasteiger charge is -2.58. The Morgan fingerprint density at radius 3 is 2.69 bits per heavy atom. The lowest BCUT2D eigenvalue weighted by Crippen LogP contribution is -2.67. The zero-order valence-electron chi connectivity index (χ0n) is 17.7. The SMILES string of the molecule is C[C@@H](CN1CC23Cc4c(O)cccc4[C@@](N)(C2)C(C)(C)[C@H]13)OCc1ccccc1. The summed E-state index contributed by atoms with van der Waals surface area (Å²) in [4.78, 5) is 2.58. The monoisotopic (exact) mass is 392 g/mol. The third-order valence-electron chi connectivity index (χ3n) is 7.96. The molecule has 0 radical (unpaired) electrons. The number of hydrogen-bond donors (Lipinski definition) is 2. The summed E-state index contributed by atoms with van der Waals surface area (Å²) in [5, 5.41) is 10.5. The number of nitrogens with zero attached hydrogens (tertiary/aromatic N) is 1. The number of aromatic hydroxyl groups is 1. The maximum Gasteiger partial charge on any atom is 0.119 e. The third-order valence-corrected chi connectivity index (χ3v) is 7.96. The summed E-state index contributed by atoms with van der Waals surface area (Å²) < 4.78 is 6.15. The predicted molar refractivity (Wildman–Crippen MR) is 115 cm³/mol. The number of rotatable bonds is 5. The Balaban J connectivity index is 1.35. The van der Waals surface area contributed by atoms with Crippen LogP contribution in [-0.4, -0.2) is 35.2 Å². The molecule has 1 unspecified atom stereocenters. The Morgan fingerprint density at radius 1 is 1.17 bits per heavy atom. The Hall–Kier alpha value is -1.88. The summed E-state index contributed by atoms with van der Waals surface area (Å²) >= 11 is 0. The first-order valence-electron chi connectivity index (χ1n) is 10.8. The van der Waals surface area contributed by atoms with E-state index in [1.165, 1.54) is 5.56 Å². The van der Waals surface area contributed by atoms with Gasteiger partial charge in [0.25, 0.3) is 0 Å². The van der Waals surface area contributed by atoms with E-state index in [0.29, 0.717) is 18.4 Å². The van der Waals surface area contributed by atoms with E-state index in [1.807, 2.05) is 18.2 Å². The van der Waals surface area contributed by atoms with Gasteiger partial charge in [0, 0.05) is 35.5 Å². The molecule has 2 fully saturated rings. The molecule has 1 saturated heterocycles. The van der Waals surface area contributed by atoms with Crippen molar-refractivity contribution in [2.45, 2.75) is 57.9 Å². The van der Waals surface area contributed by atoms with E-state index in [0.717, 1.165) is 37.1 Å². The van der Waals surface area contributed by atoms with Crippen molar-refractivity contribution in [1.82, 2.24) is 4.90 Å². The first-order valence-corrected chi connectivity index (χ1v) is 10.8. The molecule has 0 amide bonds. The van der Waals surface area contributed by atoms with Crippen LogP contribution in [0.3, 0.4) is 0 Å². The molecule has 1 heterocycles. The van der Waals surface area contributed by atoms with Crippen LogP contribution >= 0.6 is 0 Å². The molecule has 0 aromatic heterocycles. The van der Waals surface area contributed by atoms with E-state index in [2.05, 4.69) is 56.0 Å². The van der Waals surface area contributed by atoms with Crippen molar-refractivity contribution in [3.63, 3.8) is 0 Å². The summed E-state index contributed by atoms with van der Waals surface area (Å²) in [6.45, 7) is 9.41. The Morgan fingerprint density at radius 2 is 1.93 bits per heavy atom. The topological polar surface area (TPSA) is 58.7 Å². The maximum atomic E-state index is 10.5. The number of nitrogens with two attached hydrogens (primary N) is 1. The lowest BCUT2D eigenvalue weighted by atomic mass is 9.65. The van der Waals surface area contributed by atoms with Gasteiger partial charge < -0.3 is 15.6 Å². The van der Waals surface area contributed by atoms with Crippen molar-refractivity contribution in [1.29, 1.82) is 0 Å². The minimum atomic E-state index is -0.396. The molecule has 3 aliphatic rings. The molecule has 29 heavy (non-hydrogen) atoms. The van der Waals surface area contributed by atoms with E-state index in [1.54, 1.807) is 0 Å². The highest BCUT2D eigenvalue weighted by molar-refractivity contribution is 5.51.